The Bertz CT molecular complexity index is 603. The van der Waals surface area contributed by atoms with Crippen LogP contribution >= 0.6 is 38.5 Å². The number of hydrogen-bond donors (Lipinski definition) is 1. The Kier molecular flexibility index (Phi) is 6.64. The van der Waals surface area contributed by atoms with Crippen LogP contribution in [0, 0.1) is 9.39 Å². The van der Waals surface area contributed by atoms with Gasteiger partial charge in [0.25, 0.3) is 0 Å². The summed E-state index contributed by atoms with van der Waals surface area (Å²) in [4.78, 5) is 0. The highest BCUT2D eigenvalue weighted by molar-refractivity contribution is 14.1. The molecule has 0 aliphatic heterocycles. The van der Waals surface area contributed by atoms with E-state index in [0.29, 0.717) is 0 Å². The molecule has 0 aromatic heterocycles. The van der Waals surface area contributed by atoms with Crippen molar-refractivity contribution in [3.63, 3.8) is 0 Å². The van der Waals surface area contributed by atoms with Gasteiger partial charge in [-0.25, -0.2) is 4.39 Å². The van der Waals surface area contributed by atoms with Gasteiger partial charge in [-0.15, -0.1) is 0 Å². The smallest absolute Gasteiger partial charge is 0.123 e. The largest absolute Gasteiger partial charge is 0.310 e. The summed E-state index contributed by atoms with van der Waals surface area (Å²) in [6, 6.07) is 13.3. The van der Waals surface area contributed by atoms with Crippen molar-refractivity contribution in [3.8, 4) is 0 Å². The zero-order valence-electron chi connectivity index (χ0n) is 11.9. The number of nitrogens with one attached hydrogen (secondary N) is 1. The van der Waals surface area contributed by atoms with Gasteiger partial charge in [-0.05, 0) is 83.4 Å². The second kappa shape index (κ2) is 8.25. The summed E-state index contributed by atoms with van der Waals surface area (Å²) < 4.78 is 15.7. The summed E-state index contributed by atoms with van der Waals surface area (Å²) in [5.41, 5.74) is 2.27. The number of benzene rings is 2. The first-order valence-electron chi connectivity index (χ1n) is 7.03. The van der Waals surface area contributed by atoms with Crippen molar-refractivity contribution in [3.05, 3.63) is 67.5 Å². The molecule has 112 valence electrons. The molecule has 0 aliphatic carbocycles. The van der Waals surface area contributed by atoms with E-state index in [9.17, 15) is 4.39 Å². The highest BCUT2D eigenvalue weighted by atomic mass is 127. The van der Waals surface area contributed by atoms with Gasteiger partial charge in [0.05, 0.1) is 0 Å². The van der Waals surface area contributed by atoms with Gasteiger partial charge in [0.2, 0.25) is 0 Å². The first-order chi connectivity index (χ1) is 10.1. The third kappa shape index (κ3) is 5.04. The summed E-state index contributed by atoms with van der Waals surface area (Å²) >= 11 is 5.90. The van der Waals surface area contributed by atoms with E-state index >= 15 is 0 Å². The summed E-state index contributed by atoms with van der Waals surface area (Å²) in [5, 5.41) is 3.57. The minimum atomic E-state index is -0.175. The second-order valence-electron chi connectivity index (χ2n) is 5.01. The van der Waals surface area contributed by atoms with E-state index in [1.165, 1.54) is 15.2 Å². The monoisotopic (exact) mass is 461 g/mol. The summed E-state index contributed by atoms with van der Waals surface area (Å²) in [6.07, 6.45) is 1.86. The van der Waals surface area contributed by atoms with Crippen LogP contribution in [0.3, 0.4) is 0 Å². The van der Waals surface area contributed by atoms with Gasteiger partial charge in [-0.1, -0.05) is 35.0 Å². The summed E-state index contributed by atoms with van der Waals surface area (Å²) in [6.45, 7) is 3.10. The Morgan fingerprint density at radius 1 is 1.24 bits per heavy atom. The fourth-order valence-electron chi connectivity index (χ4n) is 2.29. The predicted octanol–water partition coefficient (Wildman–Crippen LogP) is 5.48. The predicted molar refractivity (Wildman–Crippen MR) is 98.0 cm³/mol. The van der Waals surface area contributed by atoms with Crippen LogP contribution in [-0.4, -0.2) is 6.54 Å². The number of rotatable bonds is 6. The van der Waals surface area contributed by atoms with Crippen molar-refractivity contribution >= 4 is 38.5 Å². The Morgan fingerprint density at radius 3 is 2.76 bits per heavy atom. The molecule has 4 heteroatoms. The Morgan fingerprint density at radius 2 is 2.05 bits per heavy atom. The average Bonchev–Trinajstić information content (AvgIpc) is 2.46. The van der Waals surface area contributed by atoms with Gasteiger partial charge < -0.3 is 5.32 Å². The molecule has 0 saturated carbocycles. The molecule has 0 saturated heterocycles. The van der Waals surface area contributed by atoms with E-state index in [4.69, 9.17) is 0 Å². The molecule has 0 heterocycles. The lowest BCUT2D eigenvalue weighted by molar-refractivity contribution is 0.525. The molecule has 1 unspecified atom stereocenters. The summed E-state index contributed by atoms with van der Waals surface area (Å²) in [7, 11) is 0. The first kappa shape index (κ1) is 16.9. The molecule has 2 aromatic carbocycles. The molecule has 1 atom stereocenters. The maximum absolute atomic E-state index is 13.4. The maximum Gasteiger partial charge on any atom is 0.123 e. The molecule has 0 bridgehead atoms. The van der Waals surface area contributed by atoms with Crippen LogP contribution in [0.4, 0.5) is 4.39 Å². The van der Waals surface area contributed by atoms with Gasteiger partial charge in [0.15, 0.2) is 0 Å². The molecule has 0 amide bonds. The van der Waals surface area contributed by atoms with E-state index in [-0.39, 0.29) is 11.9 Å². The Balaban J connectivity index is 2.27. The van der Waals surface area contributed by atoms with Crippen LogP contribution in [0.25, 0.3) is 0 Å². The molecular weight excluding hydrogens is 444 g/mol. The molecule has 2 aromatic rings. The zero-order chi connectivity index (χ0) is 15.2. The van der Waals surface area contributed by atoms with Crippen molar-refractivity contribution in [2.24, 2.45) is 0 Å². The number of halogens is 3. The van der Waals surface area contributed by atoms with Crippen molar-refractivity contribution < 1.29 is 4.39 Å². The third-order valence-corrected chi connectivity index (χ3v) is 4.78. The standard InChI is InChI=1S/C17H18BrFIN/c1-2-8-21-17(10-12-4-3-5-14(19)9-12)15-11-13(18)6-7-16(15)20/h3-7,9,11,17,21H,2,8,10H2,1H3. The van der Waals surface area contributed by atoms with Gasteiger partial charge in [0.1, 0.15) is 5.82 Å². The van der Waals surface area contributed by atoms with Crippen molar-refractivity contribution in [2.75, 3.05) is 6.54 Å². The molecule has 0 spiro atoms. The lowest BCUT2D eigenvalue weighted by Gasteiger charge is -2.21. The fourth-order valence-corrected chi connectivity index (χ4v) is 3.38. The van der Waals surface area contributed by atoms with E-state index in [2.05, 4.69) is 62.9 Å². The van der Waals surface area contributed by atoms with E-state index in [1.807, 2.05) is 12.1 Å². The van der Waals surface area contributed by atoms with E-state index in [1.54, 1.807) is 12.1 Å². The molecule has 21 heavy (non-hydrogen) atoms. The highest BCUT2D eigenvalue weighted by Gasteiger charge is 2.15. The third-order valence-electron chi connectivity index (χ3n) is 3.30. The van der Waals surface area contributed by atoms with E-state index < -0.39 is 0 Å². The van der Waals surface area contributed by atoms with Gasteiger partial charge >= 0.3 is 0 Å². The lowest BCUT2D eigenvalue weighted by atomic mass is 9.98. The molecule has 1 N–H and O–H groups in total. The van der Waals surface area contributed by atoms with Gasteiger partial charge in [-0.2, -0.15) is 0 Å². The minimum Gasteiger partial charge on any atom is -0.310 e. The SMILES string of the molecule is CCCNC(Cc1cccc(F)c1)c1cc(Br)ccc1I. The average molecular weight is 462 g/mol. The quantitative estimate of drug-likeness (QED) is 0.562. The van der Waals surface area contributed by atoms with Gasteiger partial charge in [0, 0.05) is 14.1 Å². The first-order valence-corrected chi connectivity index (χ1v) is 8.90. The van der Waals surface area contributed by atoms with Crippen LogP contribution in [0.5, 0.6) is 0 Å². The van der Waals surface area contributed by atoms with Crippen LogP contribution in [0.1, 0.15) is 30.5 Å². The fraction of sp³-hybridized carbons (Fsp3) is 0.294. The maximum atomic E-state index is 13.4. The van der Waals surface area contributed by atoms with Crippen LogP contribution in [0.15, 0.2) is 46.9 Å². The van der Waals surface area contributed by atoms with Crippen molar-refractivity contribution in [1.82, 2.24) is 5.32 Å². The number of hydrogen-bond acceptors (Lipinski definition) is 1. The molecule has 0 aliphatic rings. The van der Waals surface area contributed by atoms with Gasteiger partial charge in [-0.3, -0.25) is 0 Å². The Labute approximate surface area is 147 Å². The molecule has 0 radical (unpaired) electrons. The van der Waals surface area contributed by atoms with Crippen molar-refractivity contribution in [1.29, 1.82) is 0 Å². The van der Waals surface area contributed by atoms with Crippen LogP contribution in [0.2, 0.25) is 0 Å². The van der Waals surface area contributed by atoms with Crippen molar-refractivity contribution in [2.45, 2.75) is 25.8 Å². The minimum absolute atomic E-state index is 0.175. The molecule has 0 fully saturated rings. The van der Waals surface area contributed by atoms with Crippen LogP contribution < -0.4 is 5.32 Å². The van der Waals surface area contributed by atoms with E-state index in [0.717, 1.165) is 29.4 Å². The second-order valence-corrected chi connectivity index (χ2v) is 7.08. The molecular formula is C17H18BrFIN. The lowest BCUT2D eigenvalue weighted by Crippen LogP contribution is -2.25. The zero-order valence-corrected chi connectivity index (χ0v) is 15.6. The molecule has 1 nitrogen and oxygen atoms in total. The molecule has 2 rings (SSSR count). The van der Waals surface area contributed by atoms with Crippen LogP contribution in [-0.2, 0) is 6.42 Å². The highest BCUT2D eigenvalue weighted by Crippen LogP contribution is 2.27. The Hall–Kier alpha value is -0.460. The topological polar surface area (TPSA) is 12.0 Å². The normalized spacial score (nSPS) is 12.4. The summed E-state index contributed by atoms with van der Waals surface area (Å²) in [5.74, 6) is -0.175.